The van der Waals surface area contributed by atoms with E-state index >= 15 is 0 Å². The fourth-order valence-electron chi connectivity index (χ4n) is 3.53. The van der Waals surface area contributed by atoms with Gasteiger partial charge >= 0.3 is 6.09 Å². The van der Waals surface area contributed by atoms with Crippen molar-refractivity contribution >= 4 is 35.5 Å². The van der Waals surface area contributed by atoms with Gasteiger partial charge in [-0.25, -0.2) is 19.7 Å². The smallest absolute Gasteiger partial charge is 0.410 e. The number of hydrogen-bond donors (Lipinski definition) is 0. The van der Waals surface area contributed by atoms with Crippen LogP contribution >= 0.6 is 11.6 Å². The standard InChI is InChI=1S/C19H27ClN10O2/c1-19(2,3)32-18(31)30-10-8-29(9-11-30)17-25-14(20)24-16(26-17)28-6-4-27(5-7-28)15-22-12-21-13-23-15/h12-13H,4-11H2,1-3H3. The second kappa shape index (κ2) is 9.23. The number of hydrogen-bond acceptors (Lipinski definition) is 11. The Hall–Kier alpha value is -3.02. The molecule has 0 bridgehead atoms. The number of carbonyl (C=O) groups excluding carboxylic acids is 1. The Bertz CT molecular complexity index is 925. The Morgan fingerprint density at radius 1 is 0.812 bits per heavy atom. The van der Waals surface area contributed by atoms with Crippen molar-refractivity contribution in [3.8, 4) is 0 Å². The number of aromatic nitrogens is 6. The number of anilines is 3. The van der Waals surface area contributed by atoms with Gasteiger partial charge in [-0.1, -0.05) is 0 Å². The van der Waals surface area contributed by atoms with Crippen LogP contribution in [0.4, 0.5) is 22.6 Å². The van der Waals surface area contributed by atoms with Crippen molar-refractivity contribution in [3.63, 3.8) is 0 Å². The van der Waals surface area contributed by atoms with E-state index in [1.807, 2.05) is 25.7 Å². The van der Waals surface area contributed by atoms with Gasteiger partial charge in [0, 0.05) is 52.4 Å². The molecule has 2 aliphatic rings. The van der Waals surface area contributed by atoms with E-state index in [1.54, 1.807) is 4.90 Å². The van der Waals surface area contributed by atoms with Gasteiger partial charge in [0.1, 0.15) is 18.3 Å². The minimum Gasteiger partial charge on any atom is -0.444 e. The summed E-state index contributed by atoms with van der Waals surface area (Å²) >= 11 is 6.23. The molecule has 0 atom stereocenters. The van der Waals surface area contributed by atoms with Gasteiger partial charge in [0.05, 0.1) is 0 Å². The Labute approximate surface area is 191 Å². The van der Waals surface area contributed by atoms with E-state index in [0.29, 0.717) is 57.1 Å². The molecule has 0 aliphatic carbocycles. The highest BCUT2D eigenvalue weighted by Crippen LogP contribution is 2.21. The molecule has 2 fully saturated rings. The van der Waals surface area contributed by atoms with E-state index in [9.17, 15) is 4.79 Å². The fraction of sp³-hybridized carbons (Fsp3) is 0.632. The number of piperazine rings is 2. The van der Waals surface area contributed by atoms with E-state index < -0.39 is 5.60 Å². The minimum absolute atomic E-state index is 0.152. The molecule has 0 saturated carbocycles. The van der Waals surface area contributed by atoms with Gasteiger partial charge in [-0.05, 0) is 32.4 Å². The van der Waals surface area contributed by atoms with Gasteiger partial charge in [-0.2, -0.15) is 15.0 Å². The highest BCUT2D eigenvalue weighted by molar-refractivity contribution is 6.28. The molecule has 4 rings (SSSR count). The van der Waals surface area contributed by atoms with Gasteiger partial charge in [-0.15, -0.1) is 0 Å². The van der Waals surface area contributed by atoms with Crippen molar-refractivity contribution in [2.24, 2.45) is 0 Å². The van der Waals surface area contributed by atoms with Crippen molar-refractivity contribution in [2.45, 2.75) is 26.4 Å². The highest BCUT2D eigenvalue weighted by atomic mass is 35.5. The van der Waals surface area contributed by atoms with Crippen LogP contribution in [0.25, 0.3) is 0 Å². The Kier molecular flexibility index (Phi) is 6.40. The van der Waals surface area contributed by atoms with Crippen molar-refractivity contribution < 1.29 is 9.53 Å². The van der Waals surface area contributed by atoms with E-state index in [0.717, 1.165) is 13.1 Å². The summed E-state index contributed by atoms with van der Waals surface area (Å²) in [6.45, 7) is 10.7. The van der Waals surface area contributed by atoms with E-state index in [4.69, 9.17) is 16.3 Å². The number of carbonyl (C=O) groups is 1. The quantitative estimate of drug-likeness (QED) is 0.652. The van der Waals surface area contributed by atoms with E-state index in [-0.39, 0.29) is 11.4 Å². The zero-order chi connectivity index (χ0) is 22.7. The molecule has 2 aliphatic heterocycles. The van der Waals surface area contributed by atoms with Crippen LogP contribution in [0.3, 0.4) is 0 Å². The zero-order valence-electron chi connectivity index (χ0n) is 18.5. The number of amides is 1. The van der Waals surface area contributed by atoms with Gasteiger partial charge in [-0.3, -0.25) is 0 Å². The summed E-state index contributed by atoms with van der Waals surface area (Å²) in [7, 11) is 0. The van der Waals surface area contributed by atoms with Crippen LogP contribution in [-0.4, -0.2) is 98.9 Å². The molecule has 0 spiro atoms. The first-order valence-corrected chi connectivity index (χ1v) is 10.9. The topological polar surface area (TPSA) is 117 Å². The maximum atomic E-state index is 12.3. The van der Waals surface area contributed by atoms with Gasteiger partial charge in [0.15, 0.2) is 0 Å². The predicted molar refractivity (Wildman–Crippen MR) is 119 cm³/mol. The Morgan fingerprint density at radius 3 is 1.78 bits per heavy atom. The van der Waals surface area contributed by atoms with Crippen LogP contribution in [0.5, 0.6) is 0 Å². The molecule has 0 aromatic carbocycles. The third-order valence-electron chi connectivity index (χ3n) is 5.12. The zero-order valence-corrected chi connectivity index (χ0v) is 19.2. The Morgan fingerprint density at radius 2 is 1.28 bits per heavy atom. The summed E-state index contributed by atoms with van der Waals surface area (Å²) in [4.78, 5) is 45.8. The fourth-order valence-corrected chi connectivity index (χ4v) is 3.68. The average molecular weight is 463 g/mol. The molecule has 12 nitrogen and oxygen atoms in total. The van der Waals surface area contributed by atoms with Crippen LogP contribution in [0, 0.1) is 0 Å². The van der Waals surface area contributed by atoms with Crippen LogP contribution in [0.2, 0.25) is 5.28 Å². The van der Waals surface area contributed by atoms with E-state index in [1.165, 1.54) is 12.7 Å². The number of ether oxygens (including phenoxy) is 1. The maximum absolute atomic E-state index is 12.3. The lowest BCUT2D eigenvalue weighted by molar-refractivity contribution is 0.0240. The predicted octanol–water partition coefficient (Wildman–Crippen LogP) is 1.09. The first-order valence-electron chi connectivity index (χ1n) is 10.5. The molecule has 13 heteroatoms. The molecule has 0 N–H and O–H groups in total. The van der Waals surface area contributed by atoms with Crippen LogP contribution in [0.15, 0.2) is 12.7 Å². The molecule has 4 heterocycles. The van der Waals surface area contributed by atoms with Crippen molar-refractivity contribution in [1.29, 1.82) is 0 Å². The third kappa shape index (κ3) is 5.42. The highest BCUT2D eigenvalue weighted by Gasteiger charge is 2.28. The van der Waals surface area contributed by atoms with Gasteiger partial charge in [0.25, 0.3) is 0 Å². The number of nitrogens with zero attached hydrogens (tertiary/aromatic N) is 10. The first-order chi connectivity index (χ1) is 15.3. The SMILES string of the molecule is CC(C)(C)OC(=O)N1CCN(c2nc(Cl)nc(N3CCN(c4ncncn4)CC3)n2)CC1. The second-order valence-corrected chi connectivity index (χ2v) is 8.91. The van der Waals surface area contributed by atoms with Crippen LogP contribution in [-0.2, 0) is 4.74 Å². The lowest BCUT2D eigenvalue weighted by Crippen LogP contribution is -2.51. The molecular formula is C19H27ClN10O2. The number of halogens is 1. The molecule has 172 valence electrons. The van der Waals surface area contributed by atoms with Gasteiger partial charge < -0.3 is 24.3 Å². The molecule has 0 unspecified atom stereocenters. The molecule has 1 amide bonds. The minimum atomic E-state index is -0.515. The lowest BCUT2D eigenvalue weighted by atomic mass is 10.2. The lowest BCUT2D eigenvalue weighted by Gasteiger charge is -2.36. The third-order valence-corrected chi connectivity index (χ3v) is 5.29. The first kappa shape index (κ1) is 22.2. The molecule has 0 radical (unpaired) electrons. The van der Waals surface area contributed by atoms with Crippen LogP contribution in [0.1, 0.15) is 20.8 Å². The van der Waals surface area contributed by atoms with E-state index in [2.05, 4.69) is 39.7 Å². The number of rotatable bonds is 3. The maximum Gasteiger partial charge on any atom is 0.410 e. The normalized spacial score (nSPS) is 17.5. The van der Waals surface area contributed by atoms with Crippen molar-refractivity contribution in [3.05, 3.63) is 17.9 Å². The second-order valence-electron chi connectivity index (χ2n) is 8.57. The molecule has 2 saturated heterocycles. The summed E-state index contributed by atoms with van der Waals surface area (Å²) in [5.74, 6) is 1.73. The molecular weight excluding hydrogens is 436 g/mol. The summed E-state index contributed by atoms with van der Waals surface area (Å²) in [5, 5.41) is 0.152. The summed E-state index contributed by atoms with van der Waals surface area (Å²) in [6.07, 6.45) is 2.69. The van der Waals surface area contributed by atoms with Crippen LogP contribution < -0.4 is 14.7 Å². The van der Waals surface area contributed by atoms with Crippen molar-refractivity contribution in [2.75, 3.05) is 67.1 Å². The molecule has 2 aromatic rings. The average Bonchev–Trinajstić information content (AvgIpc) is 2.78. The molecule has 2 aromatic heterocycles. The summed E-state index contributed by atoms with van der Waals surface area (Å²) in [6, 6.07) is 0. The monoisotopic (exact) mass is 462 g/mol. The summed E-state index contributed by atoms with van der Waals surface area (Å²) in [5.41, 5.74) is -0.515. The van der Waals surface area contributed by atoms with Gasteiger partial charge in [0.2, 0.25) is 23.1 Å². The van der Waals surface area contributed by atoms with Crippen molar-refractivity contribution in [1.82, 2.24) is 34.8 Å². The largest absolute Gasteiger partial charge is 0.444 e. The molecule has 32 heavy (non-hydrogen) atoms. The Balaban J connectivity index is 1.37. The summed E-state index contributed by atoms with van der Waals surface area (Å²) < 4.78 is 5.46.